The van der Waals surface area contributed by atoms with Crippen LogP contribution in [-0.2, 0) is 57.1 Å². The summed E-state index contributed by atoms with van der Waals surface area (Å²) >= 11 is 9.19. The highest BCUT2D eigenvalue weighted by atomic mass is 32.7. The van der Waals surface area contributed by atoms with Crippen molar-refractivity contribution in [3.8, 4) is 0 Å². The Morgan fingerprint density at radius 2 is 2.07 bits per heavy atom. The molecular weight excluding hydrogens is 679 g/mol. The van der Waals surface area contributed by atoms with E-state index in [0.29, 0.717) is 11.2 Å². The molecule has 0 spiro atoms. The fraction of sp³-hybridized carbons (Fsp3) is 0.500. The average molecular weight is 706 g/mol. The van der Waals surface area contributed by atoms with Gasteiger partial charge in [-0.1, -0.05) is 26.1 Å². The molecule has 4 aromatic rings. The Balaban J connectivity index is 1.37. The minimum Gasteiger partial charge on any atom is -0.346 e. The third-order valence-electron chi connectivity index (χ3n) is 6.81. The van der Waals surface area contributed by atoms with Crippen LogP contribution in [0.1, 0.15) is 25.9 Å². The van der Waals surface area contributed by atoms with Crippen molar-refractivity contribution >= 4 is 71.8 Å². The lowest BCUT2D eigenvalue weighted by Crippen LogP contribution is -2.32. The SMILES string of the molecule is CC(C)C(=O)Nc1nc2c(ncn2[C@@H]2O[C@@H]3COP(O)(=S)OCCn4c(nc5cncnc54)COP(=O)(S)O[C@@H]2[C@@H]3F)c(=O)[nH]1. The third-order valence-corrected chi connectivity index (χ3v) is 10.0. The Kier molecular flexibility index (Phi) is 8.94. The summed E-state index contributed by atoms with van der Waals surface area (Å²) < 4.78 is 60.2. The lowest BCUT2D eigenvalue weighted by Gasteiger charge is -2.24. The molecule has 6 rings (SSSR count). The van der Waals surface area contributed by atoms with Crippen LogP contribution in [0.4, 0.5) is 10.3 Å². The molecule has 2 aliphatic heterocycles. The van der Waals surface area contributed by atoms with E-state index < -0.39 is 68.7 Å². The molecule has 45 heavy (non-hydrogen) atoms. The fourth-order valence-electron chi connectivity index (χ4n) is 4.64. The average Bonchev–Trinajstić information content (AvgIpc) is 3.64. The Bertz CT molecular complexity index is 1920. The molecule has 18 nitrogen and oxygen atoms in total. The predicted octanol–water partition coefficient (Wildman–Crippen LogP) is 1.99. The molecule has 0 radical (unpaired) electrons. The Morgan fingerprint density at radius 3 is 2.84 bits per heavy atom. The van der Waals surface area contributed by atoms with Gasteiger partial charge in [-0.3, -0.25) is 33.5 Å². The van der Waals surface area contributed by atoms with Gasteiger partial charge in [0.2, 0.25) is 11.9 Å². The molecule has 6 atom stereocenters. The molecule has 2 aliphatic rings. The number of hydrogen-bond acceptors (Lipinski definition) is 14. The number of nitrogens with one attached hydrogen (secondary N) is 2. The number of carbonyl (C=O) groups is 1. The van der Waals surface area contributed by atoms with Gasteiger partial charge in [0.15, 0.2) is 29.2 Å². The van der Waals surface area contributed by atoms with Gasteiger partial charge in [-0.15, -0.1) is 0 Å². The lowest BCUT2D eigenvalue weighted by atomic mass is 10.1. The number of fused-ring (bicyclic) bond motifs is 6. The summed E-state index contributed by atoms with van der Waals surface area (Å²) in [5.74, 6) is -0.817. The zero-order chi connectivity index (χ0) is 32.1. The van der Waals surface area contributed by atoms with E-state index in [-0.39, 0.29) is 36.1 Å². The van der Waals surface area contributed by atoms with Crippen LogP contribution in [0.3, 0.4) is 0 Å². The van der Waals surface area contributed by atoms with E-state index in [4.69, 9.17) is 34.6 Å². The van der Waals surface area contributed by atoms with E-state index in [9.17, 15) is 19.0 Å². The second kappa shape index (κ2) is 12.5. The number of H-pyrrole nitrogens is 1. The number of hydrogen-bond donors (Lipinski definition) is 4. The monoisotopic (exact) mass is 705 g/mol. The summed E-state index contributed by atoms with van der Waals surface area (Å²) in [5, 5.41) is 2.49. The van der Waals surface area contributed by atoms with Gasteiger partial charge in [-0.05, 0) is 11.8 Å². The minimum atomic E-state index is -4.36. The topological polar surface area (TPSA) is 220 Å². The van der Waals surface area contributed by atoms with E-state index in [0.717, 1.165) is 6.33 Å². The summed E-state index contributed by atoms with van der Waals surface area (Å²) in [4.78, 5) is 58.9. The molecule has 1 fully saturated rings. The predicted molar refractivity (Wildman–Crippen MR) is 160 cm³/mol. The van der Waals surface area contributed by atoms with E-state index in [1.807, 2.05) is 0 Å². The molecule has 0 aliphatic carbocycles. The smallest absolute Gasteiger partial charge is 0.346 e. The zero-order valence-electron chi connectivity index (χ0n) is 23.4. The Morgan fingerprint density at radius 1 is 1.27 bits per heavy atom. The van der Waals surface area contributed by atoms with Crippen LogP contribution in [0.5, 0.6) is 0 Å². The van der Waals surface area contributed by atoms with Crippen LogP contribution in [0, 0.1) is 5.92 Å². The highest BCUT2D eigenvalue weighted by molar-refractivity contribution is 8.44. The van der Waals surface area contributed by atoms with Crippen LogP contribution in [0.15, 0.2) is 23.6 Å². The van der Waals surface area contributed by atoms with Gasteiger partial charge in [0.05, 0.1) is 25.7 Å². The molecule has 2 bridgehead atoms. The number of halogens is 1. The number of nitrogens with zero attached hydrogens (tertiary/aromatic N) is 7. The molecule has 4 aromatic heterocycles. The van der Waals surface area contributed by atoms with Gasteiger partial charge in [0.25, 0.3) is 5.56 Å². The van der Waals surface area contributed by atoms with Crippen molar-refractivity contribution in [2.24, 2.45) is 5.92 Å². The number of aromatic amines is 1. The number of carbonyl (C=O) groups excluding carboxylic acids is 1. The Hall–Kier alpha value is -2.71. The summed E-state index contributed by atoms with van der Waals surface area (Å²) in [6.45, 7) is -6.04. The van der Waals surface area contributed by atoms with Crippen molar-refractivity contribution < 1.29 is 41.5 Å². The quantitative estimate of drug-likeness (QED) is 0.177. The van der Waals surface area contributed by atoms with Crippen molar-refractivity contribution in [1.82, 2.24) is 39.0 Å². The molecule has 242 valence electrons. The standard InChI is InChI=1S/C22H26FN9O9P2S2/c1-10(2)19(33)29-22-28-18-15(20(34)30-22)26-9-32(18)21-16-14(23)12(40-21)6-38-42(35,44)37-4-3-31-13(7-39-43(36,45)41-16)27-11-5-24-8-25-17(11)31/h5,8-10,12,14,16,21H,3-4,6-7H2,1-2H3,(H,35,44)(H,36,45)(H2,28,29,30,33,34)/t12-,14-,16-,21-,42?,43?/m1/s1. The molecule has 2 unspecified atom stereocenters. The number of anilines is 1. The highest BCUT2D eigenvalue weighted by Crippen LogP contribution is 2.58. The molecule has 1 saturated heterocycles. The number of imidazole rings is 2. The number of amides is 1. The molecule has 6 heterocycles. The number of thiol groups is 1. The first-order chi connectivity index (χ1) is 21.3. The molecular formula is C22H26FN9O9P2S2. The second-order valence-electron chi connectivity index (χ2n) is 10.2. The van der Waals surface area contributed by atoms with Crippen LogP contribution in [0.2, 0.25) is 0 Å². The minimum absolute atomic E-state index is 0.0854. The molecule has 0 saturated carbocycles. The summed E-state index contributed by atoms with van der Waals surface area (Å²) in [6, 6.07) is 0. The van der Waals surface area contributed by atoms with Gasteiger partial charge >= 0.3 is 13.5 Å². The van der Waals surface area contributed by atoms with E-state index in [1.165, 1.54) is 17.1 Å². The van der Waals surface area contributed by atoms with Crippen molar-refractivity contribution in [2.45, 2.75) is 51.6 Å². The molecule has 3 N–H and O–H groups in total. The molecule has 1 amide bonds. The fourth-order valence-corrected chi connectivity index (χ4v) is 7.14. The van der Waals surface area contributed by atoms with E-state index in [1.54, 1.807) is 18.4 Å². The van der Waals surface area contributed by atoms with Crippen molar-refractivity contribution in [3.63, 3.8) is 0 Å². The first-order valence-corrected chi connectivity index (χ1v) is 18.6. The zero-order valence-corrected chi connectivity index (χ0v) is 26.9. The van der Waals surface area contributed by atoms with Crippen LogP contribution in [0.25, 0.3) is 22.3 Å². The first kappa shape index (κ1) is 32.2. The number of ether oxygens (including phenoxy) is 1. The van der Waals surface area contributed by atoms with Gasteiger partial charge in [-0.2, -0.15) is 4.98 Å². The summed E-state index contributed by atoms with van der Waals surface area (Å²) in [5.41, 5.74) is -0.188. The number of rotatable bonds is 3. The lowest BCUT2D eigenvalue weighted by molar-refractivity contribution is -0.118. The van der Waals surface area contributed by atoms with Gasteiger partial charge < -0.3 is 23.2 Å². The molecule has 23 heteroatoms. The maximum atomic E-state index is 16.0. The van der Waals surface area contributed by atoms with Crippen LogP contribution in [-0.4, -0.2) is 81.4 Å². The van der Waals surface area contributed by atoms with Crippen molar-refractivity contribution in [2.75, 3.05) is 18.5 Å². The second-order valence-corrected chi connectivity index (χ2v) is 15.9. The number of alkyl halides is 1. The maximum absolute atomic E-state index is 16.0. The first-order valence-electron chi connectivity index (χ1n) is 13.3. The third kappa shape index (κ3) is 6.73. The van der Waals surface area contributed by atoms with Gasteiger partial charge in [0.1, 0.15) is 36.5 Å². The van der Waals surface area contributed by atoms with Crippen molar-refractivity contribution in [1.29, 1.82) is 0 Å². The highest BCUT2D eigenvalue weighted by Gasteiger charge is 2.51. The largest absolute Gasteiger partial charge is 0.387 e. The normalized spacial score (nSPS) is 29.8. The Labute approximate surface area is 263 Å². The maximum Gasteiger partial charge on any atom is 0.387 e. The van der Waals surface area contributed by atoms with Crippen molar-refractivity contribution in [3.05, 3.63) is 35.0 Å². The van der Waals surface area contributed by atoms with E-state index in [2.05, 4.69) is 47.5 Å². The number of aromatic nitrogens is 8. The van der Waals surface area contributed by atoms with Gasteiger partial charge in [0, 0.05) is 12.5 Å². The molecule has 0 aromatic carbocycles. The summed E-state index contributed by atoms with van der Waals surface area (Å²) in [6.07, 6.45) is -2.74. The van der Waals surface area contributed by atoms with Gasteiger partial charge in [-0.25, -0.2) is 28.9 Å². The summed E-state index contributed by atoms with van der Waals surface area (Å²) in [7, 11) is 0. The van der Waals surface area contributed by atoms with Crippen LogP contribution >= 0.6 is 25.8 Å². The van der Waals surface area contributed by atoms with Crippen LogP contribution < -0.4 is 10.9 Å². The van der Waals surface area contributed by atoms with E-state index >= 15 is 4.39 Å².